The van der Waals surface area contributed by atoms with Crippen molar-refractivity contribution in [2.45, 2.75) is 50.4 Å². The minimum atomic E-state index is 0.605. The second kappa shape index (κ2) is 7.98. The molecule has 0 saturated carbocycles. The minimum absolute atomic E-state index is 0.605. The molecule has 0 saturated heterocycles. The van der Waals surface area contributed by atoms with E-state index in [0.717, 1.165) is 25.7 Å². The molecule has 0 bridgehead atoms. The van der Waals surface area contributed by atoms with E-state index in [1.165, 1.54) is 24.0 Å². The van der Waals surface area contributed by atoms with Crippen molar-refractivity contribution >= 4 is 0 Å². The molecule has 0 unspecified atom stereocenters. The largest absolute Gasteiger partial charge is 0.103 e. The van der Waals surface area contributed by atoms with Crippen LogP contribution in [0.15, 0.2) is 62.8 Å². The van der Waals surface area contributed by atoms with Crippen LogP contribution in [-0.2, 0) is 12.8 Å². The quantitative estimate of drug-likeness (QED) is 0.496. The molecule has 2 rings (SSSR count). The van der Waals surface area contributed by atoms with Gasteiger partial charge in [-0.2, -0.15) is 0 Å². The Morgan fingerprint density at radius 2 is 1.14 bits per heavy atom. The van der Waals surface area contributed by atoms with Gasteiger partial charge >= 0.3 is 0 Å². The molecule has 116 valence electrons. The van der Waals surface area contributed by atoms with Gasteiger partial charge < -0.3 is 0 Å². The van der Waals surface area contributed by atoms with Crippen molar-refractivity contribution < 1.29 is 0 Å². The molecule has 1 aromatic rings. The monoisotopic (exact) mass is 292 g/mol. The summed E-state index contributed by atoms with van der Waals surface area (Å²) in [6.07, 6.45) is 14.7. The molecule has 22 heavy (non-hydrogen) atoms. The molecule has 0 amide bonds. The van der Waals surface area contributed by atoms with Gasteiger partial charge in [0, 0.05) is 0 Å². The van der Waals surface area contributed by atoms with Crippen LogP contribution in [0.25, 0.3) is 0 Å². The zero-order chi connectivity index (χ0) is 15.9. The molecule has 0 spiro atoms. The summed E-state index contributed by atoms with van der Waals surface area (Å²) in [5, 5.41) is 0. The van der Waals surface area contributed by atoms with E-state index in [9.17, 15) is 0 Å². The average molecular weight is 292 g/mol. The van der Waals surface area contributed by atoms with Crippen molar-refractivity contribution in [2.75, 3.05) is 0 Å². The highest BCUT2D eigenvalue weighted by atomic mass is 14.3. The molecular weight excluding hydrogens is 264 g/mol. The lowest BCUT2D eigenvalue weighted by Crippen LogP contribution is -2.18. The molecule has 1 aliphatic carbocycles. The van der Waals surface area contributed by atoms with E-state index in [1.807, 2.05) is 12.2 Å². The van der Waals surface area contributed by atoms with E-state index in [4.69, 9.17) is 0 Å². The zero-order valence-electron chi connectivity index (χ0n) is 13.7. The highest BCUT2D eigenvalue weighted by Gasteiger charge is 2.29. The summed E-state index contributed by atoms with van der Waals surface area (Å²) in [5.74, 6) is 1.21. The number of fused-ring (bicyclic) bond motifs is 1. The van der Waals surface area contributed by atoms with Crippen LogP contribution in [0.1, 0.15) is 59.8 Å². The molecule has 0 nitrogen and oxygen atoms in total. The third-order valence-corrected chi connectivity index (χ3v) is 4.78. The minimum Gasteiger partial charge on any atom is -0.103 e. The Morgan fingerprint density at radius 3 is 1.45 bits per heavy atom. The number of hydrogen-bond acceptors (Lipinski definition) is 0. The molecule has 1 aromatic carbocycles. The number of benzene rings is 1. The fraction of sp³-hybridized carbons (Fsp3) is 0.364. The van der Waals surface area contributed by atoms with Gasteiger partial charge in [0.2, 0.25) is 0 Å². The summed E-state index contributed by atoms with van der Waals surface area (Å²) in [6.45, 7) is 15.8. The molecule has 0 aromatic heterocycles. The van der Waals surface area contributed by atoms with Gasteiger partial charge in [0.25, 0.3) is 0 Å². The fourth-order valence-corrected chi connectivity index (χ4v) is 3.92. The van der Waals surface area contributed by atoms with Crippen molar-refractivity contribution in [1.29, 1.82) is 0 Å². The lowest BCUT2D eigenvalue weighted by Gasteiger charge is -2.34. The van der Waals surface area contributed by atoms with Crippen molar-refractivity contribution in [3.8, 4) is 0 Å². The van der Waals surface area contributed by atoms with Crippen molar-refractivity contribution in [2.24, 2.45) is 0 Å². The second-order valence-electron chi connectivity index (χ2n) is 6.22. The summed E-state index contributed by atoms with van der Waals surface area (Å²) in [5.41, 5.74) is 6.02. The van der Waals surface area contributed by atoms with Crippen molar-refractivity contribution in [3.05, 3.63) is 85.0 Å². The maximum absolute atomic E-state index is 3.96. The number of hydrogen-bond donors (Lipinski definition) is 0. The van der Waals surface area contributed by atoms with Crippen LogP contribution in [0.4, 0.5) is 0 Å². The molecule has 0 fully saturated rings. The molecule has 0 heterocycles. The summed E-state index contributed by atoms with van der Waals surface area (Å²) < 4.78 is 0. The molecule has 0 N–H and O–H groups in total. The predicted molar refractivity (Wildman–Crippen MR) is 98.6 cm³/mol. The Kier molecular flexibility index (Phi) is 6.00. The SMILES string of the molecule is C=CCc1ccc(CC=C)c2c1[C@@H](CC=C)CC[C@@H]2CC=C. The Hall–Kier alpha value is -1.82. The maximum Gasteiger partial charge on any atom is -0.00972 e. The van der Waals surface area contributed by atoms with Gasteiger partial charge in [-0.15, -0.1) is 26.3 Å². The molecule has 2 atom stereocenters. The van der Waals surface area contributed by atoms with Gasteiger partial charge in [0.1, 0.15) is 0 Å². The van der Waals surface area contributed by atoms with Crippen LogP contribution in [-0.4, -0.2) is 0 Å². The van der Waals surface area contributed by atoms with Crippen molar-refractivity contribution in [1.82, 2.24) is 0 Å². The van der Waals surface area contributed by atoms with E-state index >= 15 is 0 Å². The molecular formula is C22H28. The summed E-state index contributed by atoms with van der Waals surface area (Å²) in [6, 6.07) is 4.59. The van der Waals surface area contributed by atoms with Crippen LogP contribution in [0, 0.1) is 0 Å². The Balaban J connectivity index is 2.61. The van der Waals surface area contributed by atoms with E-state index < -0.39 is 0 Å². The van der Waals surface area contributed by atoms with Gasteiger partial charge in [-0.05, 0) is 72.6 Å². The normalized spacial score (nSPS) is 20.0. The summed E-state index contributed by atoms with van der Waals surface area (Å²) in [7, 11) is 0. The maximum atomic E-state index is 3.96. The first-order chi connectivity index (χ1) is 10.8. The van der Waals surface area contributed by atoms with Crippen LogP contribution >= 0.6 is 0 Å². The fourth-order valence-electron chi connectivity index (χ4n) is 3.92. The van der Waals surface area contributed by atoms with Crippen LogP contribution in [0.5, 0.6) is 0 Å². The van der Waals surface area contributed by atoms with Gasteiger partial charge in [0.05, 0.1) is 0 Å². The number of allylic oxidation sites excluding steroid dienone is 4. The smallest absolute Gasteiger partial charge is 0.00972 e. The predicted octanol–water partition coefficient (Wildman–Crippen LogP) is 6.26. The van der Waals surface area contributed by atoms with Crippen LogP contribution in [0.2, 0.25) is 0 Å². The van der Waals surface area contributed by atoms with Gasteiger partial charge in [0.15, 0.2) is 0 Å². The number of rotatable bonds is 8. The van der Waals surface area contributed by atoms with Gasteiger partial charge in [-0.1, -0.05) is 36.4 Å². The lowest BCUT2D eigenvalue weighted by molar-refractivity contribution is 0.481. The standard InChI is InChI=1S/C22H28/c1-5-9-17-13-14-19(11-7-3)22-20(12-8-4)16-15-18(10-6-2)21(17)22/h5-8,13-14,18,20H,1-4,9-12,15-16H2/t18-,20-/m0/s1. The molecule has 0 heteroatoms. The van der Waals surface area contributed by atoms with Crippen LogP contribution in [0.3, 0.4) is 0 Å². The molecule has 1 aliphatic rings. The third kappa shape index (κ3) is 3.32. The first kappa shape index (κ1) is 16.5. The molecule has 0 radical (unpaired) electrons. The highest BCUT2D eigenvalue weighted by Crippen LogP contribution is 2.45. The van der Waals surface area contributed by atoms with E-state index in [0.29, 0.717) is 11.8 Å². The first-order valence-corrected chi connectivity index (χ1v) is 8.34. The van der Waals surface area contributed by atoms with Crippen molar-refractivity contribution in [3.63, 3.8) is 0 Å². The first-order valence-electron chi connectivity index (χ1n) is 8.34. The summed E-state index contributed by atoms with van der Waals surface area (Å²) >= 11 is 0. The Bertz CT molecular complexity index is 511. The Labute approximate surface area is 136 Å². The van der Waals surface area contributed by atoms with E-state index in [1.54, 1.807) is 11.1 Å². The topological polar surface area (TPSA) is 0 Å². The average Bonchev–Trinajstić information content (AvgIpc) is 2.52. The van der Waals surface area contributed by atoms with Crippen LogP contribution < -0.4 is 0 Å². The van der Waals surface area contributed by atoms with E-state index in [2.05, 4.69) is 50.6 Å². The lowest BCUT2D eigenvalue weighted by atomic mass is 9.70. The van der Waals surface area contributed by atoms with Gasteiger partial charge in [-0.25, -0.2) is 0 Å². The second-order valence-corrected chi connectivity index (χ2v) is 6.22. The zero-order valence-corrected chi connectivity index (χ0v) is 13.7. The highest BCUT2D eigenvalue weighted by molar-refractivity contribution is 5.49. The Morgan fingerprint density at radius 1 is 0.727 bits per heavy atom. The van der Waals surface area contributed by atoms with E-state index in [-0.39, 0.29) is 0 Å². The molecule has 0 aliphatic heterocycles. The van der Waals surface area contributed by atoms with Gasteiger partial charge in [-0.3, -0.25) is 0 Å². The third-order valence-electron chi connectivity index (χ3n) is 4.78. The summed E-state index contributed by atoms with van der Waals surface area (Å²) in [4.78, 5) is 0.